The quantitative estimate of drug-likeness (QED) is 0.434. The van der Waals surface area contributed by atoms with Crippen molar-refractivity contribution < 1.29 is 27.1 Å². The molecule has 1 amide bonds. The maximum Gasteiger partial charge on any atom is 0.419 e. The van der Waals surface area contributed by atoms with Gasteiger partial charge in [0, 0.05) is 36.9 Å². The summed E-state index contributed by atoms with van der Waals surface area (Å²) in [6.07, 6.45) is -2.06. The molecule has 2 N–H and O–H groups in total. The van der Waals surface area contributed by atoms with Crippen LogP contribution < -0.4 is 21.1 Å². The molecule has 14 heteroatoms. The number of fused-ring (bicyclic) bond motifs is 1. The average Bonchev–Trinajstić information content (AvgIpc) is 3.38. The molecular formula is C27H31F4N7O3. The molecule has 2 aromatic heterocycles. The van der Waals surface area contributed by atoms with Gasteiger partial charge in [-0.05, 0) is 44.4 Å². The minimum atomic E-state index is -4.86. The minimum Gasteiger partial charge on any atom is -0.377 e. The monoisotopic (exact) mass is 577 g/mol. The third-order valence-corrected chi connectivity index (χ3v) is 7.36. The Kier molecular flexibility index (Phi) is 7.88. The van der Waals surface area contributed by atoms with Gasteiger partial charge in [-0.1, -0.05) is 13.0 Å². The van der Waals surface area contributed by atoms with Gasteiger partial charge in [0.15, 0.2) is 5.82 Å². The molecule has 2 aliphatic rings. The number of nitrogens with one attached hydrogen (secondary N) is 2. The lowest BCUT2D eigenvalue weighted by Gasteiger charge is -2.34. The Labute approximate surface area is 233 Å². The van der Waals surface area contributed by atoms with Crippen molar-refractivity contribution in [2.24, 2.45) is 0 Å². The molecule has 0 unspecified atom stereocenters. The Morgan fingerprint density at radius 3 is 2.73 bits per heavy atom. The second-order valence-electron chi connectivity index (χ2n) is 10.2. The molecule has 5 rings (SSSR count). The predicted octanol–water partition coefficient (Wildman–Crippen LogP) is 3.16. The maximum atomic E-state index is 14.5. The Bertz CT molecular complexity index is 1580. The molecule has 10 nitrogen and oxygen atoms in total. The molecule has 220 valence electrons. The zero-order valence-electron chi connectivity index (χ0n) is 22.9. The third-order valence-electron chi connectivity index (χ3n) is 7.36. The Morgan fingerprint density at radius 2 is 2.07 bits per heavy atom. The summed E-state index contributed by atoms with van der Waals surface area (Å²) in [7, 11) is 0. The second-order valence-corrected chi connectivity index (χ2v) is 10.2. The molecule has 1 fully saturated rings. The summed E-state index contributed by atoms with van der Waals surface area (Å²) >= 11 is 0. The van der Waals surface area contributed by atoms with Crippen LogP contribution in [0.2, 0.25) is 0 Å². The highest BCUT2D eigenvalue weighted by Crippen LogP contribution is 2.34. The van der Waals surface area contributed by atoms with E-state index in [4.69, 9.17) is 4.74 Å². The zero-order valence-corrected chi connectivity index (χ0v) is 22.9. The number of hydrogen-bond acceptors (Lipinski definition) is 7. The SMILES string of the molecule is CCc1c(N2CCN[C@H](C)C2)c(=O)n2nc(C3=CCOCC3)nc2n1CC(=O)Nc1ccc(C(F)(F)F)c(F)c1C. The third kappa shape index (κ3) is 5.58. The van der Waals surface area contributed by atoms with Gasteiger partial charge >= 0.3 is 6.18 Å². The second kappa shape index (κ2) is 11.2. The van der Waals surface area contributed by atoms with E-state index >= 15 is 0 Å². The number of carbonyl (C=O) groups excluding carboxylic acids is 1. The molecule has 2 aliphatic heterocycles. The van der Waals surface area contributed by atoms with Crippen molar-refractivity contribution in [2.45, 2.75) is 52.4 Å². The molecule has 0 saturated carbocycles. The molecule has 0 spiro atoms. The van der Waals surface area contributed by atoms with Gasteiger partial charge in [-0.2, -0.15) is 22.7 Å². The molecule has 0 aliphatic carbocycles. The van der Waals surface area contributed by atoms with Crippen molar-refractivity contribution >= 4 is 28.6 Å². The summed E-state index contributed by atoms with van der Waals surface area (Å²) in [6, 6.07) is 1.75. The molecule has 4 heterocycles. The van der Waals surface area contributed by atoms with Crippen LogP contribution in [0.5, 0.6) is 0 Å². The van der Waals surface area contributed by atoms with Crippen LogP contribution in [0, 0.1) is 12.7 Å². The number of carbonyl (C=O) groups is 1. The number of ether oxygens (including phenoxy) is 1. The summed E-state index contributed by atoms with van der Waals surface area (Å²) in [5.74, 6) is -1.56. The molecule has 0 radical (unpaired) electrons. The molecule has 1 saturated heterocycles. The van der Waals surface area contributed by atoms with E-state index < -0.39 is 23.5 Å². The molecule has 0 bridgehead atoms. The highest BCUT2D eigenvalue weighted by molar-refractivity contribution is 5.92. The van der Waals surface area contributed by atoms with Crippen LogP contribution in [-0.4, -0.2) is 64.0 Å². The normalized spacial score (nSPS) is 18.1. The van der Waals surface area contributed by atoms with Gasteiger partial charge in [0.05, 0.1) is 24.5 Å². The molecule has 3 aromatic rings. The number of amides is 1. The van der Waals surface area contributed by atoms with Crippen molar-refractivity contribution in [3.05, 3.63) is 57.0 Å². The molecule has 1 aromatic carbocycles. The average molecular weight is 578 g/mol. The van der Waals surface area contributed by atoms with Gasteiger partial charge in [-0.25, -0.2) is 4.39 Å². The van der Waals surface area contributed by atoms with Crippen LogP contribution in [-0.2, 0) is 28.7 Å². The van der Waals surface area contributed by atoms with E-state index in [0.29, 0.717) is 69.0 Å². The number of alkyl halides is 3. The first-order valence-corrected chi connectivity index (χ1v) is 13.4. The van der Waals surface area contributed by atoms with Crippen LogP contribution in [0.25, 0.3) is 11.4 Å². The fourth-order valence-corrected chi connectivity index (χ4v) is 5.30. The van der Waals surface area contributed by atoms with E-state index in [0.717, 1.165) is 11.6 Å². The van der Waals surface area contributed by atoms with Crippen molar-refractivity contribution in [3.8, 4) is 0 Å². The summed E-state index contributed by atoms with van der Waals surface area (Å²) in [4.78, 5) is 33.8. The van der Waals surface area contributed by atoms with E-state index in [1.54, 1.807) is 4.57 Å². The predicted molar refractivity (Wildman–Crippen MR) is 144 cm³/mol. The Morgan fingerprint density at radius 1 is 1.29 bits per heavy atom. The number of hydrogen-bond donors (Lipinski definition) is 2. The van der Waals surface area contributed by atoms with E-state index in [-0.39, 0.29) is 35.2 Å². The number of piperazine rings is 1. The van der Waals surface area contributed by atoms with Crippen molar-refractivity contribution in [1.29, 1.82) is 0 Å². The van der Waals surface area contributed by atoms with Crippen LogP contribution in [0.3, 0.4) is 0 Å². The summed E-state index contributed by atoms with van der Waals surface area (Å²) in [5.41, 5.74) is -0.368. The summed E-state index contributed by atoms with van der Waals surface area (Å²) in [6.45, 7) is 7.39. The highest BCUT2D eigenvalue weighted by atomic mass is 19.4. The highest BCUT2D eigenvalue weighted by Gasteiger charge is 2.35. The summed E-state index contributed by atoms with van der Waals surface area (Å²) < 4.78 is 62.1. The van der Waals surface area contributed by atoms with Gasteiger partial charge < -0.3 is 24.8 Å². The van der Waals surface area contributed by atoms with Gasteiger partial charge in [0.25, 0.3) is 5.56 Å². The van der Waals surface area contributed by atoms with Crippen LogP contribution >= 0.6 is 0 Å². The van der Waals surface area contributed by atoms with Crippen LogP contribution in [0.1, 0.15) is 42.9 Å². The fraction of sp³-hybridized carbons (Fsp3) is 0.481. The number of aromatic nitrogens is 4. The van der Waals surface area contributed by atoms with Crippen LogP contribution in [0.15, 0.2) is 23.0 Å². The lowest BCUT2D eigenvalue weighted by atomic mass is 10.1. The van der Waals surface area contributed by atoms with E-state index in [9.17, 15) is 27.2 Å². The lowest BCUT2D eigenvalue weighted by Crippen LogP contribution is -2.51. The van der Waals surface area contributed by atoms with Crippen LogP contribution in [0.4, 0.5) is 28.9 Å². The standard InChI is InChI=1S/C27H31F4N7O3/c1-4-20-23(36-10-9-32-15(2)13-36)25(40)38-26(34-24(35-38)17-7-11-41-12-8-17)37(20)14-21(39)33-19-6-5-18(27(29,30)31)22(28)16(19)3/h5-7,15,32H,4,8-14H2,1-3H3,(H,33,39)/t15-/m1/s1. The first-order chi connectivity index (χ1) is 19.5. The van der Waals surface area contributed by atoms with E-state index in [1.807, 2.05) is 24.8 Å². The fourth-order valence-electron chi connectivity index (χ4n) is 5.30. The van der Waals surface area contributed by atoms with Gasteiger partial charge in [0.2, 0.25) is 11.7 Å². The first-order valence-electron chi connectivity index (χ1n) is 13.4. The van der Waals surface area contributed by atoms with Crippen molar-refractivity contribution in [3.63, 3.8) is 0 Å². The molecular weight excluding hydrogens is 546 g/mol. The first kappa shape index (κ1) is 28.7. The van der Waals surface area contributed by atoms with Gasteiger partial charge in [-0.3, -0.25) is 9.59 Å². The van der Waals surface area contributed by atoms with Crippen molar-refractivity contribution in [1.82, 2.24) is 24.5 Å². The Hall–Kier alpha value is -3.78. The largest absolute Gasteiger partial charge is 0.419 e. The number of anilines is 2. The zero-order chi connectivity index (χ0) is 29.5. The Balaban J connectivity index is 1.58. The maximum absolute atomic E-state index is 14.5. The summed E-state index contributed by atoms with van der Waals surface area (Å²) in [5, 5.41) is 10.4. The molecule has 41 heavy (non-hydrogen) atoms. The topological polar surface area (TPSA) is 106 Å². The number of rotatable bonds is 6. The molecule has 1 atom stereocenters. The van der Waals surface area contributed by atoms with Gasteiger partial charge in [0.1, 0.15) is 18.0 Å². The van der Waals surface area contributed by atoms with E-state index in [2.05, 4.69) is 20.7 Å². The van der Waals surface area contributed by atoms with E-state index in [1.165, 1.54) is 11.4 Å². The number of nitrogens with zero attached hydrogens (tertiary/aromatic N) is 5. The number of benzene rings is 1. The van der Waals surface area contributed by atoms with Crippen molar-refractivity contribution in [2.75, 3.05) is 43.1 Å². The lowest BCUT2D eigenvalue weighted by molar-refractivity contribution is -0.140. The van der Waals surface area contributed by atoms with Gasteiger partial charge in [-0.15, -0.1) is 5.10 Å². The minimum absolute atomic E-state index is 0.0821. The number of halogens is 4. The smallest absolute Gasteiger partial charge is 0.377 e.